The van der Waals surface area contributed by atoms with E-state index in [-0.39, 0.29) is 0 Å². The summed E-state index contributed by atoms with van der Waals surface area (Å²) in [5, 5.41) is 3.38. The molecule has 0 aliphatic carbocycles. The molecule has 0 aromatic heterocycles. The molecule has 0 bridgehead atoms. The van der Waals surface area contributed by atoms with Crippen LogP contribution >= 0.6 is 0 Å². The van der Waals surface area contributed by atoms with E-state index in [0.29, 0.717) is 0 Å². The Morgan fingerprint density at radius 3 is 3.18 bits per heavy atom. The highest BCUT2D eigenvalue weighted by molar-refractivity contribution is 4.61. The molecule has 0 unspecified atom stereocenters. The first-order chi connectivity index (χ1) is 5.43. The van der Waals surface area contributed by atoms with E-state index in [1.54, 1.807) is 7.11 Å². The smallest absolute Gasteiger partial charge is 0.0590 e. The van der Waals surface area contributed by atoms with Crippen LogP contribution in [0.1, 0.15) is 12.8 Å². The van der Waals surface area contributed by atoms with Crippen molar-refractivity contribution >= 4 is 0 Å². The normalized spacial score (nSPS) is 21.5. The molecule has 0 saturated carbocycles. The van der Waals surface area contributed by atoms with Gasteiger partial charge < -0.3 is 10.1 Å². The fraction of sp³-hybridized carbons (Fsp3) is 1.00. The van der Waals surface area contributed by atoms with Crippen LogP contribution in [0.5, 0.6) is 0 Å². The monoisotopic (exact) mass is 158 g/mol. The zero-order valence-corrected chi connectivity index (χ0v) is 7.31. The van der Waals surface area contributed by atoms with Crippen LogP contribution in [0, 0.1) is 0 Å². The average Bonchev–Trinajstić information content (AvgIpc) is 2.28. The first kappa shape index (κ1) is 8.97. The predicted octanol–water partition coefficient (Wildman–Crippen LogP) is 0.276. The molecule has 11 heavy (non-hydrogen) atoms. The number of hydrogen-bond donors (Lipinski definition) is 1. The summed E-state index contributed by atoms with van der Waals surface area (Å²) in [4.78, 5) is 2.40. The summed E-state index contributed by atoms with van der Waals surface area (Å²) in [6.07, 6.45) is 2.63. The zero-order chi connectivity index (χ0) is 7.94. The van der Waals surface area contributed by atoms with E-state index >= 15 is 0 Å². The van der Waals surface area contributed by atoms with Gasteiger partial charge in [-0.1, -0.05) is 0 Å². The van der Waals surface area contributed by atoms with E-state index in [0.717, 1.165) is 19.8 Å². The van der Waals surface area contributed by atoms with Crippen molar-refractivity contribution in [2.75, 3.05) is 40.0 Å². The topological polar surface area (TPSA) is 24.5 Å². The first-order valence-electron chi connectivity index (χ1n) is 4.35. The van der Waals surface area contributed by atoms with Crippen LogP contribution < -0.4 is 5.32 Å². The van der Waals surface area contributed by atoms with Crippen molar-refractivity contribution in [3.8, 4) is 0 Å². The molecule has 0 aromatic carbocycles. The third-order valence-corrected chi connectivity index (χ3v) is 2.02. The lowest BCUT2D eigenvalue weighted by atomic mass is 10.3. The molecular weight excluding hydrogens is 140 g/mol. The van der Waals surface area contributed by atoms with Gasteiger partial charge in [-0.25, -0.2) is 0 Å². The zero-order valence-electron chi connectivity index (χ0n) is 7.31. The van der Waals surface area contributed by atoms with Gasteiger partial charge in [-0.3, -0.25) is 4.90 Å². The number of nitrogens with one attached hydrogen (secondary N) is 1. The van der Waals surface area contributed by atoms with Crippen molar-refractivity contribution in [2.24, 2.45) is 0 Å². The van der Waals surface area contributed by atoms with Gasteiger partial charge in [0.25, 0.3) is 0 Å². The minimum absolute atomic E-state index is 0.849. The van der Waals surface area contributed by atoms with Gasteiger partial charge in [0.1, 0.15) is 0 Å². The highest BCUT2D eigenvalue weighted by Crippen LogP contribution is 1.97. The molecule has 1 aliphatic rings. The summed E-state index contributed by atoms with van der Waals surface area (Å²) in [6, 6.07) is 0. The molecule has 1 heterocycles. The first-order valence-corrected chi connectivity index (χ1v) is 4.35. The molecule has 1 saturated heterocycles. The van der Waals surface area contributed by atoms with Gasteiger partial charge in [0.15, 0.2) is 0 Å². The lowest BCUT2D eigenvalue weighted by molar-refractivity contribution is 0.147. The van der Waals surface area contributed by atoms with Gasteiger partial charge in [-0.2, -0.15) is 0 Å². The van der Waals surface area contributed by atoms with Crippen molar-refractivity contribution in [3.63, 3.8) is 0 Å². The van der Waals surface area contributed by atoms with Gasteiger partial charge in [-0.15, -0.1) is 0 Å². The van der Waals surface area contributed by atoms with Crippen molar-refractivity contribution in [2.45, 2.75) is 12.8 Å². The number of hydrogen-bond acceptors (Lipinski definition) is 3. The highest BCUT2D eigenvalue weighted by atomic mass is 16.5. The molecule has 3 nitrogen and oxygen atoms in total. The van der Waals surface area contributed by atoms with Gasteiger partial charge in [0.05, 0.1) is 6.61 Å². The van der Waals surface area contributed by atoms with Crippen molar-refractivity contribution in [1.29, 1.82) is 0 Å². The van der Waals surface area contributed by atoms with E-state index in [9.17, 15) is 0 Å². The summed E-state index contributed by atoms with van der Waals surface area (Å²) in [6.45, 7) is 5.33. The van der Waals surface area contributed by atoms with E-state index in [4.69, 9.17) is 4.74 Å². The van der Waals surface area contributed by atoms with Crippen LogP contribution in [0.25, 0.3) is 0 Å². The summed E-state index contributed by atoms with van der Waals surface area (Å²) in [7, 11) is 1.76. The Kier molecular flexibility index (Phi) is 4.50. The Balaban J connectivity index is 2.09. The lowest BCUT2D eigenvalue weighted by Gasteiger charge is -2.18. The SMILES string of the molecule is COCCN1CCCCNC1. The molecule has 0 aromatic rings. The van der Waals surface area contributed by atoms with Gasteiger partial charge in [0.2, 0.25) is 0 Å². The fourth-order valence-electron chi connectivity index (χ4n) is 1.31. The summed E-state index contributed by atoms with van der Waals surface area (Å²) >= 11 is 0. The van der Waals surface area contributed by atoms with Crippen LogP contribution in [0.3, 0.4) is 0 Å². The largest absolute Gasteiger partial charge is 0.383 e. The molecule has 0 atom stereocenters. The van der Waals surface area contributed by atoms with Gasteiger partial charge in [0, 0.05) is 20.3 Å². The number of nitrogens with zero attached hydrogens (tertiary/aromatic N) is 1. The maximum Gasteiger partial charge on any atom is 0.0590 e. The summed E-state index contributed by atoms with van der Waals surface area (Å²) in [5.74, 6) is 0. The Bertz CT molecular complexity index is 90.1. The quantitative estimate of drug-likeness (QED) is 0.638. The van der Waals surface area contributed by atoms with Gasteiger partial charge in [-0.05, 0) is 25.9 Å². The standard InChI is InChI=1S/C8H18N2O/c1-11-7-6-10-5-3-2-4-9-8-10/h9H,2-8H2,1H3. The molecule has 66 valence electrons. The number of ether oxygens (including phenoxy) is 1. The van der Waals surface area contributed by atoms with Crippen LogP contribution in [0.15, 0.2) is 0 Å². The third-order valence-electron chi connectivity index (χ3n) is 2.02. The molecule has 0 spiro atoms. The minimum atomic E-state index is 0.849. The fourth-order valence-corrected chi connectivity index (χ4v) is 1.31. The van der Waals surface area contributed by atoms with Gasteiger partial charge >= 0.3 is 0 Å². The van der Waals surface area contributed by atoms with Crippen LogP contribution in [-0.2, 0) is 4.74 Å². The van der Waals surface area contributed by atoms with Crippen molar-refractivity contribution in [3.05, 3.63) is 0 Å². The van der Waals surface area contributed by atoms with E-state index < -0.39 is 0 Å². The molecule has 3 heteroatoms. The molecule has 1 rings (SSSR count). The molecule has 0 radical (unpaired) electrons. The molecular formula is C8H18N2O. The Labute approximate surface area is 68.7 Å². The second kappa shape index (κ2) is 5.52. The van der Waals surface area contributed by atoms with Crippen molar-refractivity contribution < 1.29 is 4.74 Å². The maximum absolute atomic E-state index is 5.02. The molecule has 1 N–H and O–H groups in total. The Morgan fingerprint density at radius 2 is 2.36 bits per heavy atom. The molecule has 0 amide bonds. The second-order valence-corrected chi connectivity index (χ2v) is 2.98. The second-order valence-electron chi connectivity index (χ2n) is 2.98. The number of rotatable bonds is 3. The van der Waals surface area contributed by atoms with Crippen LogP contribution in [-0.4, -0.2) is 44.9 Å². The molecule has 1 aliphatic heterocycles. The minimum Gasteiger partial charge on any atom is -0.383 e. The van der Waals surface area contributed by atoms with E-state index in [2.05, 4.69) is 10.2 Å². The predicted molar refractivity (Wildman–Crippen MR) is 45.6 cm³/mol. The highest BCUT2D eigenvalue weighted by Gasteiger charge is 2.06. The Morgan fingerprint density at radius 1 is 1.45 bits per heavy atom. The summed E-state index contributed by atoms with van der Waals surface area (Å²) < 4.78 is 5.02. The maximum atomic E-state index is 5.02. The van der Waals surface area contributed by atoms with Crippen LogP contribution in [0.2, 0.25) is 0 Å². The number of methoxy groups -OCH3 is 1. The third kappa shape index (κ3) is 3.70. The van der Waals surface area contributed by atoms with E-state index in [1.165, 1.54) is 25.9 Å². The summed E-state index contributed by atoms with van der Waals surface area (Å²) in [5.41, 5.74) is 0. The molecule has 1 fully saturated rings. The Hall–Kier alpha value is -0.120. The van der Waals surface area contributed by atoms with Crippen LogP contribution in [0.4, 0.5) is 0 Å². The average molecular weight is 158 g/mol. The van der Waals surface area contributed by atoms with E-state index in [1.807, 2.05) is 0 Å². The lowest BCUT2D eigenvalue weighted by Crippen LogP contribution is -2.34. The van der Waals surface area contributed by atoms with Crippen molar-refractivity contribution in [1.82, 2.24) is 10.2 Å².